The highest BCUT2D eigenvalue weighted by Crippen LogP contribution is 2.39. The van der Waals surface area contributed by atoms with Crippen LogP contribution < -0.4 is 21.3 Å². The summed E-state index contributed by atoms with van der Waals surface area (Å²) in [5.41, 5.74) is 26.0. The van der Waals surface area contributed by atoms with Crippen molar-refractivity contribution < 1.29 is 9.59 Å². The minimum atomic E-state index is -0.209. The number of hydrogen-bond donors (Lipinski definition) is 5. The molecule has 1 aliphatic carbocycles. The molecule has 2 atom stereocenters. The second-order valence-electron chi connectivity index (χ2n) is 24.6. The molecule has 2 unspecified atom stereocenters. The number of aliphatic imine (C=N–C) groups is 3. The maximum absolute atomic E-state index is 12.3. The Labute approximate surface area is 773 Å². The minimum absolute atomic E-state index is 0.0964. The van der Waals surface area contributed by atoms with Gasteiger partial charge in [-0.25, -0.2) is 24.9 Å². The Balaban J connectivity index is 0.00000173. The van der Waals surface area contributed by atoms with Gasteiger partial charge in [0, 0.05) is 85.3 Å². The maximum Gasteiger partial charge on any atom is 0.270 e. The lowest BCUT2D eigenvalue weighted by Gasteiger charge is -2.32. The summed E-state index contributed by atoms with van der Waals surface area (Å²) in [6.45, 7) is 66.2. The molecule has 6 aliphatic heterocycles. The summed E-state index contributed by atoms with van der Waals surface area (Å²) >= 11 is 0. The molecule has 5 N–H and O–H groups in total. The highest BCUT2D eigenvalue weighted by Gasteiger charge is 2.29. The van der Waals surface area contributed by atoms with Crippen LogP contribution in [0.5, 0.6) is 0 Å². The van der Waals surface area contributed by atoms with Crippen molar-refractivity contribution in [3.05, 3.63) is 310 Å². The van der Waals surface area contributed by atoms with Gasteiger partial charge in [-0.1, -0.05) is 354 Å². The molecule has 14 nitrogen and oxygen atoms in total. The average Bonchev–Trinajstić information content (AvgIpc) is 1.62. The average molecular weight is 1730 g/mol. The van der Waals surface area contributed by atoms with Gasteiger partial charge in [0.05, 0.1) is 62.4 Å². The van der Waals surface area contributed by atoms with Gasteiger partial charge in [0.1, 0.15) is 11.4 Å². The van der Waals surface area contributed by atoms with Crippen molar-refractivity contribution in [2.24, 2.45) is 15.0 Å². The van der Waals surface area contributed by atoms with E-state index < -0.39 is 0 Å². The van der Waals surface area contributed by atoms with Gasteiger partial charge >= 0.3 is 0 Å². The molecule has 16 bridgehead atoms. The fourth-order valence-electron chi connectivity index (χ4n) is 13.2. The molecular formula is C114H158N12O2. The van der Waals surface area contributed by atoms with Crippen molar-refractivity contribution in [1.29, 1.82) is 0 Å². The van der Waals surface area contributed by atoms with Crippen molar-refractivity contribution in [1.82, 2.24) is 45.5 Å². The monoisotopic (exact) mass is 1730 g/mol. The number of amides is 2. The number of benzene rings is 4. The molecule has 128 heavy (non-hydrogen) atoms. The van der Waals surface area contributed by atoms with Crippen LogP contribution in [0.2, 0.25) is 0 Å². The lowest BCUT2D eigenvalue weighted by molar-refractivity contribution is 0.0857. The van der Waals surface area contributed by atoms with Gasteiger partial charge in [0.2, 0.25) is 0 Å². The molecule has 7 aliphatic rings. The summed E-state index contributed by atoms with van der Waals surface area (Å²) in [5, 5.41) is 8.09. The van der Waals surface area contributed by atoms with Crippen LogP contribution in [0.25, 0.3) is 102 Å². The number of nitrogens with zero attached hydrogens (tertiary/aromatic N) is 7. The first-order valence-corrected chi connectivity index (χ1v) is 48.1. The normalized spacial score (nSPS) is 13.2. The number of carbonyl (C=O) groups is 2. The van der Waals surface area contributed by atoms with Gasteiger partial charge in [0.15, 0.2) is 0 Å². The number of allylic oxidation sites excluding steroid dienone is 7. The topological polar surface area (TPSA) is 194 Å². The van der Waals surface area contributed by atoms with E-state index in [1.807, 2.05) is 232 Å². The number of fused-ring (bicyclic) bond motifs is 13. The van der Waals surface area contributed by atoms with Gasteiger partial charge in [-0.2, -0.15) is 0 Å². The third-order valence-electron chi connectivity index (χ3n) is 18.4. The Morgan fingerprint density at radius 3 is 0.812 bits per heavy atom. The van der Waals surface area contributed by atoms with Crippen LogP contribution in [0.15, 0.2) is 280 Å². The van der Waals surface area contributed by atoms with Crippen LogP contribution in [0.3, 0.4) is 0 Å². The minimum Gasteiger partial charge on any atom is -0.354 e. The number of pyridine rings is 2. The van der Waals surface area contributed by atoms with Crippen molar-refractivity contribution in [2.45, 2.75) is 266 Å². The van der Waals surface area contributed by atoms with E-state index in [1.54, 1.807) is 48.8 Å². The second-order valence-corrected chi connectivity index (χ2v) is 24.6. The van der Waals surface area contributed by atoms with E-state index in [-0.39, 0.29) is 23.9 Å². The van der Waals surface area contributed by atoms with E-state index in [0.29, 0.717) is 11.4 Å². The quantitative estimate of drug-likeness (QED) is 0.100. The molecular weight excluding hydrogens is 1570 g/mol. The van der Waals surface area contributed by atoms with Crippen LogP contribution >= 0.6 is 0 Å². The number of H-pyrrole nitrogens is 3. The maximum atomic E-state index is 12.3. The predicted molar refractivity (Wildman–Crippen MR) is 568 cm³/mol. The molecule has 10 aromatic rings. The van der Waals surface area contributed by atoms with Crippen LogP contribution in [-0.2, 0) is 0 Å². The molecule has 12 heterocycles. The van der Waals surface area contributed by atoms with Crippen molar-refractivity contribution >= 4 is 86.6 Å². The molecule has 1 fully saturated rings. The first kappa shape index (κ1) is 115. The summed E-state index contributed by atoms with van der Waals surface area (Å²) in [4.78, 5) is 69.0. The van der Waals surface area contributed by atoms with Crippen LogP contribution in [0.1, 0.15) is 298 Å². The Morgan fingerprint density at radius 2 is 0.531 bits per heavy atom. The number of aromatic amines is 3. The number of aromatic nitrogens is 7. The number of rotatable bonds is 8. The first-order chi connectivity index (χ1) is 63.1. The molecule has 0 spiro atoms. The largest absolute Gasteiger partial charge is 0.354 e. The molecule has 17 rings (SSSR count). The number of hydrogen-bond acceptors (Lipinski definition) is 9. The summed E-state index contributed by atoms with van der Waals surface area (Å²) in [7, 11) is 0. The van der Waals surface area contributed by atoms with Crippen molar-refractivity contribution in [3.63, 3.8) is 0 Å². The van der Waals surface area contributed by atoms with Gasteiger partial charge in [-0.3, -0.25) is 19.6 Å². The fourth-order valence-corrected chi connectivity index (χ4v) is 13.2. The summed E-state index contributed by atoms with van der Waals surface area (Å²) in [6, 6.07) is 65.1. The van der Waals surface area contributed by atoms with E-state index in [1.165, 1.54) is 0 Å². The summed E-state index contributed by atoms with van der Waals surface area (Å²) < 4.78 is 0. The highest BCUT2D eigenvalue weighted by atomic mass is 16.2. The lowest BCUT2D eigenvalue weighted by Crippen LogP contribution is -2.53. The van der Waals surface area contributed by atoms with E-state index in [9.17, 15) is 9.59 Å². The summed E-state index contributed by atoms with van der Waals surface area (Å²) in [6.07, 6.45) is 27.8. The van der Waals surface area contributed by atoms with Crippen LogP contribution in [-0.4, -0.2) is 75.9 Å². The third kappa shape index (κ3) is 32.4. The van der Waals surface area contributed by atoms with E-state index in [0.717, 1.165) is 177 Å². The number of carbonyl (C=O) groups excluding carboxylic acids is 2. The van der Waals surface area contributed by atoms with Gasteiger partial charge < -0.3 is 25.6 Å². The van der Waals surface area contributed by atoms with E-state index in [2.05, 4.69) is 251 Å². The summed E-state index contributed by atoms with van der Waals surface area (Å²) in [5.74, 6) is -0.417. The van der Waals surface area contributed by atoms with E-state index in [4.69, 9.17) is 24.9 Å². The van der Waals surface area contributed by atoms with Gasteiger partial charge in [-0.15, -0.1) is 0 Å². The zero-order valence-electron chi connectivity index (χ0n) is 84.3. The number of nitrogens with one attached hydrogen (secondary N) is 5. The molecule has 0 saturated heterocycles. The lowest BCUT2D eigenvalue weighted by atomic mass is 9.90. The third-order valence-corrected chi connectivity index (χ3v) is 18.4. The SMILES string of the molecule is C1=Cc2nc1c(-c1ccccc1)c1ccc([nH]1)c(-c1ccccc1)c1nc(c(-c3ccccc3)c3ccc([nH]3)c2-c2ccccc2)C=C1.CC.CC.CC.CC.CC.CC.CC.CC.CC.CC.CC.CC.CC.CC.CC.CC1=C2C=CC(=N2)C(C)=C2C=CC(=N2)C(C)=c2ccc([nH]2)=C2C=CC1=N2.O=C(NC1CCCCC1NC(=O)c1ccccn1)c1ccccn1. The molecule has 2 amide bonds. The predicted octanol–water partition coefficient (Wildman–Crippen LogP) is 31.6. The standard InChI is InChI=1S/C44H30N4.C22H18N4.C18H20N4O2.15C2H6/c1-5-13-29(14-6-1)41-33-21-23-35(45-33)42(30-15-7-2-8-16-30)37-25-27-39(47-37)44(32-19-11-4-12-20-32)40-28-26-38(48-40)43(31-17-9-3-10-18-31)36-24-22-34(41)46-36;1-12-15-4-6-17(23-15)13(2)19-8-10-21(25-19)22-11-9-20(26-22)14(3)18-7-5-16(12)24-18;23-17(15-9-3-5-11-19-15)21-13-7-1-2-8-14(13)22-18(24)16-10-4-6-12-20-16;15*1-2/h1-28,45,48H;4-11,25H,1-3H3;3-6,9-14H,1-2,7-8H2,(H,21,23)(H,22,24);15*1-2H3. The second kappa shape index (κ2) is 68.7. The Hall–Kier alpha value is -12.6. The fraction of sp³-hybridized carbons (Fsp3) is 0.342. The molecule has 0 radical (unpaired) electrons. The van der Waals surface area contributed by atoms with Crippen molar-refractivity contribution in [3.8, 4) is 44.5 Å². The molecule has 14 heteroatoms. The molecule has 4 aromatic carbocycles. The Bertz CT molecular complexity index is 5030. The van der Waals surface area contributed by atoms with Crippen molar-refractivity contribution in [2.75, 3.05) is 0 Å². The zero-order valence-corrected chi connectivity index (χ0v) is 84.3. The molecule has 6 aromatic heterocycles. The molecule has 686 valence electrons. The van der Waals surface area contributed by atoms with Gasteiger partial charge in [-0.05, 0) is 183 Å². The van der Waals surface area contributed by atoms with Crippen LogP contribution in [0.4, 0.5) is 0 Å². The zero-order chi connectivity index (χ0) is 96.5. The first-order valence-electron chi connectivity index (χ1n) is 48.1. The smallest absolute Gasteiger partial charge is 0.270 e. The Kier molecular flexibility index (Phi) is 61.9. The van der Waals surface area contributed by atoms with Crippen LogP contribution in [0, 0.1) is 0 Å². The van der Waals surface area contributed by atoms with Gasteiger partial charge in [0.25, 0.3) is 11.8 Å². The van der Waals surface area contributed by atoms with E-state index >= 15 is 0 Å². The highest BCUT2D eigenvalue weighted by molar-refractivity contribution is 6.26. The molecule has 1 saturated carbocycles. The Morgan fingerprint density at radius 1 is 0.273 bits per heavy atom.